The lowest BCUT2D eigenvalue weighted by atomic mass is 10.2. The highest BCUT2D eigenvalue weighted by Gasteiger charge is 2.41. The second kappa shape index (κ2) is 4.23. The molecular weight excluding hydrogens is 237 g/mol. The molecule has 1 N–H and O–H groups in total. The lowest BCUT2D eigenvalue weighted by Crippen LogP contribution is -2.17. The number of halogens is 3. The fourth-order valence-corrected chi connectivity index (χ4v) is 1.52. The van der Waals surface area contributed by atoms with Crippen LogP contribution in [0, 0.1) is 0 Å². The molecule has 1 aromatic rings. The number of hydrogen-bond acceptors (Lipinski definition) is 2. The number of hydrogen-bond donors (Lipinski definition) is 1. The summed E-state index contributed by atoms with van der Waals surface area (Å²) in [5, 5.41) is 8.87. The molecule has 0 radical (unpaired) electrons. The summed E-state index contributed by atoms with van der Waals surface area (Å²) >= 11 is 0. The number of aromatic carboxylic acids is 1. The van der Waals surface area contributed by atoms with Gasteiger partial charge in [0.15, 0.2) is 11.4 Å². The lowest BCUT2D eigenvalue weighted by Gasteiger charge is -2.12. The van der Waals surface area contributed by atoms with E-state index in [0.717, 1.165) is 10.6 Å². The first kappa shape index (κ1) is 13.3. The predicted octanol–water partition coefficient (Wildman–Crippen LogP) is 2.82. The maximum atomic E-state index is 12.6. The molecule has 0 fully saturated rings. The molecule has 94 valence electrons. The Balaban J connectivity index is 3.64. The fourth-order valence-electron chi connectivity index (χ4n) is 1.52. The lowest BCUT2D eigenvalue weighted by molar-refractivity contribution is -0.141. The van der Waals surface area contributed by atoms with Crippen LogP contribution in [0.4, 0.5) is 13.2 Å². The molecule has 7 heteroatoms. The van der Waals surface area contributed by atoms with E-state index in [1.807, 2.05) is 0 Å². The van der Waals surface area contributed by atoms with Gasteiger partial charge in [-0.3, -0.25) is 0 Å². The number of imidazole rings is 1. The summed E-state index contributed by atoms with van der Waals surface area (Å²) in [7, 11) is 0. The first-order valence-electron chi connectivity index (χ1n) is 4.75. The third kappa shape index (κ3) is 2.32. The maximum Gasteiger partial charge on any atom is 0.435 e. The highest BCUT2D eigenvalue weighted by atomic mass is 19.4. The molecule has 17 heavy (non-hydrogen) atoms. The van der Waals surface area contributed by atoms with Gasteiger partial charge in [-0.05, 0) is 19.9 Å². The Labute approximate surface area is 95.4 Å². The Morgan fingerprint density at radius 2 is 2.06 bits per heavy atom. The van der Waals surface area contributed by atoms with Crippen molar-refractivity contribution < 1.29 is 23.1 Å². The number of alkyl halides is 3. The van der Waals surface area contributed by atoms with Crippen LogP contribution in [-0.4, -0.2) is 20.6 Å². The van der Waals surface area contributed by atoms with Crippen molar-refractivity contribution in [2.45, 2.75) is 26.1 Å². The number of aromatic nitrogens is 2. The highest BCUT2D eigenvalue weighted by Crippen LogP contribution is 2.33. The van der Waals surface area contributed by atoms with Gasteiger partial charge in [-0.2, -0.15) is 13.2 Å². The average molecular weight is 248 g/mol. The van der Waals surface area contributed by atoms with Crippen molar-refractivity contribution in [2.24, 2.45) is 0 Å². The Morgan fingerprint density at radius 3 is 2.35 bits per heavy atom. The smallest absolute Gasteiger partial charge is 0.435 e. The topological polar surface area (TPSA) is 55.1 Å². The van der Waals surface area contributed by atoms with Crippen LogP contribution in [0.3, 0.4) is 0 Å². The van der Waals surface area contributed by atoms with Crippen LogP contribution in [-0.2, 0) is 6.18 Å². The third-order valence-corrected chi connectivity index (χ3v) is 2.11. The molecule has 0 aromatic carbocycles. The van der Waals surface area contributed by atoms with E-state index in [0.29, 0.717) is 0 Å². The van der Waals surface area contributed by atoms with E-state index < -0.39 is 29.6 Å². The molecule has 1 heterocycles. The number of carbonyl (C=O) groups is 1. The van der Waals surface area contributed by atoms with Crippen LogP contribution in [0.25, 0.3) is 6.08 Å². The highest BCUT2D eigenvalue weighted by molar-refractivity contribution is 5.88. The van der Waals surface area contributed by atoms with Crippen molar-refractivity contribution >= 4 is 12.0 Å². The quantitative estimate of drug-likeness (QED) is 0.894. The fraction of sp³-hybridized carbons (Fsp3) is 0.400. The predicted molar refractivity (Wildman–Crippen MR) is 54.7 cm³/mol. The molecule has 0 unspecified atom stereocenters. The van der Waals surface area contributed by atoms with Crippen LogP contribution in [0.15, 0.2) is 6.58 Å². The van der Waals surface area contributed by atoms with E-state index in [2.05, 4.69) is 11.6 Å². The van der Waals surface area contributed by atoms with Gasteiger partial charge >= 0.3 is 12.1 Å². The molecule has 0 saturated carbocycles. The normalized spacial score (nSPS) is 11.9. The zero-order chi connectivity index (χ0) is 13.4. The van der Waals surface area contributed by atoms with Gasteiger partial charge < -0.3 is 9.67 Å². The molecule has 1 rings (SSSR count). The molecule has 0 spiro atoms. The average Bonchev–Trinajstić information content (AvgIpc) is 2.55. The monoisotopic (exact) mass is 248 g/mol. The molecule has 4 nitrogen and oxygen atoms in total. The van der Waals surface area contributed by atoms with Gasteiger partial charge in [-0.25, -0.2) is 9.78 Å². The Morgan fingerprint density at radius 1 is 1.53 bits per heavy atom. The first-order valence-corrected chi connectivity index (χ1v) is 4.75. The SMILES string of the molecule is C=Cc1nc(C(F)(F)F)c(C(=O)O)n1C(C)C. The van der Waals surface area contributed by atoms with Crippen LogP contribution in [0.1, 0.15) is 41.9 Å². The van der Waals surface area contributed by atoms with Gasteiger partial charge in [0.05, 0.1) is 0 Å². The minimum atomic E-state index is -4.80. The van der Waals surface area contributed by atoms with E-state index in [-0.39, 0.29) is 5.82 Å². The first-order chi connectivity index (χ1) is 7.70. The summed E-state index contributed by atoms with van der Waals surface area (Å²) in [5.41, 5.74) is -2.25. The standard InChI is InChI=1S/C10H11F3N2O2/c1-4-6-14-8(10(11,12)13)7(9(16)17)15(6)5(2)3/h4-5H,1H2,2-3H3,(H,16,17). The molecule has 0 bridgehead atoms. The Hall–Kier alpha value is -1.79. The zero-order valence-corrected chi connectivity index (χ0v) is 9.25. The molecular formula is C10H11F3N2O2. The van der Waals surface area contributed by atoms with E-state index in [1.165, 1.54) is 0 Å². The zero-order valence-electron chi connectivity index (χ0n) is 9.25. The van der Waals surface area contributed by atoms with Crippen molar-refractivity contribution in [2.75, 3.05) is 0 Å². The van der Waals surface area contributed by atoms with Gasteiger partial charge in [-0.1, -0.05) is 6.58 Å². The second-order valence-electron chi connectivity index (χ2n) is 3.64. The molecule has 0 atom stereocenters. The van der Waals surface area contributed by atoms with Crippen molar-refractivity contribution in [3.63, 3.8) is 0 Å². The molecule has 0 amide bonds. The van der Waals surface area contributed by atoms with Gasteiger partial charge in [0.2, 0.25) is 0 Å². The van der Waals surface area contributed by atoms with Crippen LogP contribution in [0.2, 0.25) is 0 Å². The summed E-state index contributed by atoms with van der Waals surface area (Å²) in [4.78, 5) is 14.2. The number of nitrogens with zero attached hydrogens (tertiary/aromatic N) is 2. The number of carboxylic acids is 1. The van der Waals surface area contributed by atoms with E-state index in [9.17, 15) is 18.0 Å². The minimum Gasteiger partial charge on any atom is -0.477 e. The molecule has 1 aromatic heterocycles. The molecule has 0 saturated heterocycles. The summed E-state index contributed by atoms with van der Waals surface area (Å²) in [6.07, 6.45) is -3.70. The largest absolute Gasteiger partial charge is 0.477 e. The number of rotatable bonds is 3. The van der Waals surface area contributed by atoms with Gasteiger partial charge in [-0.15, -0.1) is 0 Å². The van der Waals surface area contributed by atoms with Crippen molar-refractivity contribution in [3.05, 3.63) is 23.8 Å². The van der Waals surface area contributed by atoms with E-state index in [1.54, 1.807) is 13.8 Å². The van der Waals surface area contributed by atoms with Gasteiger partial charge in [0.25, 0.3) is 0 Å². The van der Waals surface area contributed by atoms with E-state index >= 15 is 0 Å². The maximum absolute atomic E-state index is 12.6. The van der Waals surface area contributed by atoms with Crippen LogP contribution < -0.4 is 0 Å². The Bertz CT molecular complexity index is 461. The third-order valence-electron chi connectivity index (χ3n) is 2.11. The summed E-state index contributed by atoms with van der Waals surface area (Å²) in [5.74, 6) is -1.77. The van der Waals surface area contributed by atoms with Crippen LogP contribution in [0.5, 0.6) is 0 Å². The van der Waals surface area contributed by atoms with Crippen LogP contribution >= 0.6 is 0 Å². The number of carboxylic acid groups (broad SMARTS) is 1. The summed E-state index contributed by atoms with van der Waals surface area (Å²) in [6, 6.07) is -0.460. The molecule has 0 aliphatic heterocycles. The van der Waals surface area contributed by atoms with Gasteiger partial charge in [0, 0.05) is 6.04 Å². The minimum absolute atomic E-state index is 0.107. The Kier molecular flexibility index (Phi) is 3.30. The summed E-state index contributed by atoms with van der Waals surface area (Å²) in [6.45, 7) is 6.47. The second-order valence-corrected chi connectivity index (χ2v) is 3.64. The molecule has 0 aliphatic rings. The van der Waals surface area contributed by atoms with Gasteiger partial charge in [0.1, 0.15) is 5.82 Å². The molecule has 0 aliphatic carbocycles. The van der Waals surface area contributed by atoms with E-state index in [4.69, 9.17) is 5.11 Å². The van der Waals surface area contributed by atoms with Crippen molar-refractivity contribution in [1.82, 2.24) is 9.55 Å². The van der Waals surface area contributed by atoms with Crippen molar-refractivity contribution in [3.8, 4) is 0 Å². The van der Waals surface area contributed by atoms with Crippen molar-refractivity contribution in [1.29, 1.82) is 0 Å². The summed E-state index contributed by atoms with van der Waals surface area (Å²) < 4.78 is 38.9.